The number of carboxylic acid groups (broad SMARTS) is 1. The van der Waals surface area contributed by atoms with Gasteiger partial charge in [0.15, 0.2) is 0 Å². The minimum Gasteiger partial charge on any atom is -0.481 e. The molecular formula is C8H16N2O3. The first kappa shape index (κ1) is 10.4. The molecule has 1 rings (SSSR count). The van der Waals surface area contributed by atoms with Crippen molar-refractivity contribution in [2.45, 2.75) is 12.5 Å². The molecule has 0 aromatic carbocycles. The van der Waals surface area contributed by atoms with Crippen LogP contribution in [0.25, 0.3) is 0 Å². The number of hydrogen-bond donors (Lipinski definition) is 3. The van der Waals surface area contributed by atoms with Crippen molar-refractivity contribution in [3.63, 3.8) is 0 Å². The molecule has 0 bridgehead atoms. The number of aliphatic hydroxyl groups is 1. The SMILES string of the molecule is O=C(O)CC(O)CN1CCNCC1. The smallest absolute Gasteiger partial charge is 0.306 e. The van der Waals surface area contributed by atoms with Gasteiger partial charge < -0.3 is 15.5 Å². The van der Waals surface area contributed by atoms with Crippen LogP contribution in [0.2, 0.25) is 0 Å². The molecule has 13 heavy (non-hydrogen) atoms. The summed E-state index contributed by atoms with van der Waals surface area (Å²) in [5.74, 6) is -0.942. The molecule has 1 aliphatic rings. The van der Waals surface area contributed by atoms with Gasteiger partial charge in [-0.15, -0.1) is 0 Å². The van der Waals surface area contributed by atoms with Crippen LogP contribution in [0.15, 0.2) is 0 Å². The lowest BCUT2D eigenvalue weighted by atomic mass is 10.2. The van der Waals surface area contributed by atoms with Crippen LogP contribution in [0.1, 0.15) is 6.42 Å². The van der Waals surface area contributed by atoms with E-state index in [9.17, 15) is 9.90 Å². The summed E-state index contributed by atoms with van der Waals surface area (Å²) in [7, 11) is 0. The fourth-order valence-corrected chi connectivity index (χ4v) is 1.46. The van der Waals surface area contributed by atoms with E-state index in [-0.39, 0.29) is 6.42 Å². The molecule has 0 aliphatic carbocycles. The van der Waals surface area contributed by atoms with Gasteiger partial charge in [0.05, 0.1) is 12.5 Å². The molecule has 1 unspecified atom stereocenters. The largest absolute Gasteiger partial charge is 0.481 e. The fraction of sp³-hybridized carbons (Fsp3) is 0.875. The zero-order chi connectivity index (χ0) is 9.68. The van der Waals surface area contributed by atoms with E-state index in [1.54, 1.807) is 0 Å². The normalized spacial score (nSPS) is 21.3. The highest BCUT2D eigenvalue weighted by molar-refractivity contribution is 5.67. The summed E-state index contributed by atoms with van der Waals surface area (Å²) >= 11 is 0. The highest BCUT2D eigenvalue weighted by atomic mass is 16.4. The lowest BCUT2D eigenvalue weighted by Gasteiger charge is -2.28. The third kappa shape index (κ3) is 4.21. The van der Waals surface area contributed by atoms with E-state index in [0.29, 0.717) is 6.54 Å². The van der Waals surface area contributed by atoms with Crippen molar-refractivity contribution in [3.8, 4) is 0 Å². The Morgan fingerprint density at radius 2 is 2.08 bits per heavy atom. The van der Waals surface area contributed by atoms with Gasteiger partial charge in [0.1, 0.15) is 0 Å². The second-order valence-corrected chi connectivity index (χ2v) is 3.30. The van der Waals surface area contributed by atoms with Gasteiger partial charge in [-0.3, -0.25) is 9.69 Å². The molecule has 5 heteroatoms. The quantitative estimate of drug-likeness (QED) is 0.513. The Morgan fingerprint density at radius 1 is 1.46 bits per heavy atom. The van der Waals surface area contributed by atoms with Gasteiger partial charge in [0.25, 0.3) is 0 Å². The number of carboxylic acids is 1. The van der Waals surface area contributed by atoms with Gasteiger partial charge in [-0.05, 0) is 0 Å². The first-order chi connectivity index (χ1) is 6.18. The zero-order valence-electron chi connectivity index (χ0n) is 7.57. The highest BCUT2D eigenvalue weighted by Crippen LogP contribution is 1.98. The van der Waals surface area contributed by atoms with E-state index in [1.807, 2.05) is 0 Å². The molecule has 0 spiro atoms. The molecule has 1 heterocycles. The molecule has 5 nitrogen and oxygen atoms in total. The number of aliphatic hydroxyl groups excluding tert-OH is 1. The van der Waals surface area contributed by atoms with E-state index in [1.165, 1.54) is 0 Å². The second-order valence-electron chi connectivity index (χ2n) is 3.30. The lowest BCUT2D eigenvalue weighted by molar-refractivity contribution is -0.139. The third-order valence-corrected chi connectivity index (χ3v) is 2.09. The van der Waals surface area contributed by atoms with Crippen LogP contribution in [0.3, 0.4) is 0 Å². The van der Waals surface area contributed by atoms with Crippen molar-refractivity contribution in [1.29, 1.82) is 0 Å². The number of aliphatic carboxylic acids is 1. The Bertz CT molecular complexity index is 169. The molecule has 1 fully saturated rings. The number of nitrogens with zero attached hydrogens (tertiary/aromatic N) is 1. The molecule has 0 saturated carbocycles. The average molecular weight is 188 g/mol. The molecule has 0 radical (unpaired) electrons. The van der Waals surface area contributed by atoms with Crippen molar-refractivity contribution >= 4 is 5.97 Å². The lowest BCUT2D eigenvalue weighted by Crippen LogP contribution is -2.46. The fourth-order valence-electron chi connectivity index (χ4n) is 1.46. The predicted octanol–water partition coefficient (Wildman–Crippen LogP) is -1.27. The van der Waals surface area contributed by atoms with E-state index in [0.717, 1.165) is 26.2 Å². The Labute approximate surface area is 77.3 Å². The number of nitrogens with one attached hydrogen (secondary N) is 1. The summed E-state index contributed by atoms with van der Waals surface area (Å²) < 4.78 is 0. The summed E-state index contributed by atoms with van der Waals surface area (Å²) in [4.78, 5) is 12.3. The first-order valence-corrected chi connectivity index (χ1v) is 4.51. The van der Waals surface area contributed by atoms with E-state index in [4.69, 9.17) is 5.11 Å². The van der Waals surface area contributed by atoms with Crippen LogP contribution in [-0.2, 0) is 4.79 Å². The average Bonchev–Trinajstić information content (AvgIpc) is 2.04. The van der Waals surface area contributed by atoms with Crippen molar-refractivity contribution in [2.24, 2.45) is 0 Å². The first-order valence-electron chi connectivity index (χ1n) is 4.51. The summed E-state index contributed by atoms with van der Waals surface area (Å²) in [6, 6.07) is 0. The maximum atomic E-state index is 10.3. The number of carbonyl (C=O) groups is 1. The Kier molecular flexibility index (Phi) is 4.14. The zero-order valence-corrected chi connectivity index (χ0v) is 7.57. The minimum atomic E-state index is -0.942. The summed E-state index contributed by atoms with van der Waals surface area (Å²) in [6.45, 7) is 4.07. The van der Waals surface area contributed by atoms with Gasteiger partial charge >= 0.3 is 5.97 Å². The Hall–Kier alpha value is -0.650. The number of piperazine rings is 1. The molecule has 1 atom stereocenters. The van der Waals surface area contributed by atoms with Crippen molar-refractivity contribution in [1.82, 2.24) is 10.2 Å². The molecular weight excluding hydrogens is 172 g/mol. The number of rotatable bonds is 4. The highest BCUT2D eigenvalue weighted by Gasteiger charge is 2.15. The number of hydrogen-bond acceptors (Lipinski definition) is 4. The van der Waals surface area contributed by atoms with Gasteiger partial charge in [0.2, 0.25) is 0 Å². The maximum absolute atomic E-state index is 10.3. The van der Waals surface area contributed by atoms with Crippen molar-refractivity contribution < 1.29 is 15.0 Å². The molecule has 3 N–H and O–H groups in total. The van der Waals surface area contributed by atoms with Gasteiger partial charge in [-0.25, -0.2) is 0 Å². The van der Waals surface area contributed by atoms with Crippen LogP contribution in [0.5, 0.6) is 0 Å². The topological polar surface area (TPSA) is 72.8 Å². The van der Waals surface area contributed by atoms with Gasteiger partial charge in [0, 0.05) is 32.7 Å². The van der Waals surface area contributed by atoms with Crippen LogP contribution in [0, 0.1) is 0 Å². The van der Waals surface area contributed by atoms with E-state index < -0.39 is 12.1 Å². The summed E-state index contributed by atoms with van der Waals surface area (Å²) in [5, 5.41) is 20.9. The van der Waals surface area contributed by atoms with Gasteiger partial charge in [-0.1, -0.05) is 0 Å². The Balaban J connectivity index is 2.18. The number of β-amino-alcohol motifs (C(OH)–C–C–N with tert-alkyl or cyclic N) is 1. The summed E-state index contributed by atoms with van der Waals surface area (Å²) in [5.41, 5.74) is 0. The minimum absolute atomic E-state index is 0.163. The molecule has 1 aliphatic heterocycles. The van der Waals surface area contributed by atoms with E-state index >= 15 is 0 Å². The van der Waals surface area contributed by atoms with E-state index in [2.05, 4.69) is 10.2 Å². The third-order valence-electron chi connectivity index (χ3n) is 2.09. The molecule has 1 saturated heterocycles. The maximum Gasteiger partial charge on any atom is 0.306 e. The molecule has 0 amide bonds. The van der Waals surface area contributed by atoms with Gasteiger partial charge in [-0.2, -0.15) is 0 Å². The van der Waals surface area contributed by atoms with Crippen LogP contribution in [0.4, 0.5) is 0 Å². The molecule has 0 aromatic rings. The molecule has 0 aromatic heterocycles. The monoisotopic (exact) mass is 188 g/mol. The summed E-state index contributed by atoms with van der Waals surface area (Å²) in [6.07, 6.45) is -0.903. The second kappa shape index (κ2) is 5.16. The molecule has 76 valence electrons. The Morgan fingerprint density at radius 3 is 2.62 bits per heavy atom. The van der Waals surface area contributed by atoms with Crippen LogP contribution >= 0.6 is 0 Å². The standard InChI is InChI=1S/C8H16N2O3/c11-7(5-8(12)13)6-10-3-1-9-2-4-10/h7,9,11H,1-6H2,(H,12,13). The predicted molar refractivity (Wildman–Crippen MR) is 47.6 cm³/mol. The van der Waals surface area contributed by atoms with Crippen molar-refractivity contribution in [3.05, 3.63) is 0 Å². The van der Waals surface area contributed by atoms with Crippen LogP contribution in [-0.4, -0.2) is 59.9 Å². The van der Waals surface area contributed by atoms with Crippen molar-refractivity contribution in [2.75, 3.05) is 32.7 Å². The van der Waals surface area contributed by atoms with Crippen LogP contribution < -0.4 is 5.32 Å².